The molecule has 1 aromatic carbocycles. The van der Waals surface area contributed by atoms with Gasteiger partial charge in [-0.2, -0.15) is 0 Å². The van der Waals surface area contributed by atoms with Gasteiger partial charge in [-0.1, -0.05) is 18.2 Å². The quantitative estimate of drug-likeness (QED) is 0.724. The molecule has 4 rings (SSSR count). The summed E-state index contributed by atoms with van der Waals surface area (Å²) in [5, 5.41) is 0. The maximum Gasteiger partial charge on any atom is 0.316 e. The second-order valence-corrected chi connectivity index (χ2v) is 7.98. The number of hydrogen-bond donors (Lipinski definition) is 0. The predicted molar refractivity (Wildman–Crippen MR) is 107 cm³/mol. The van der Waals surface area contributed by atoms with Gasteiger partial charge in [0.05, 0.1) is 10.4 Å². The molecule has 1 atom stereocenters. The van der Waals surface area contributed by atoms with Gasteiger partial charge in [-0.3, -0.25) is 9.59 Å². The van der Waals surface area contributed by atoms with E-state index in [0.717, 1.165) is 23.0 Å². The largest absolute Gasteiger partial charge is 0.460 e. The molecule has 0 aliphatic carbocycles. The number of anilines is 1. The molecule has 146 valence electrons. The van der Waals surface area contributed by atoms with E-state index < -0.39 is 0 Å². The lowest BCUT2D eigenvalue weighted by atomic mass is 10.0. The highest BCUT2D eigenvalue weighted by Crippen LogP contribution is 2.27. The van der Waals surface area contributed by atoms with Gasteiger partial charge < -0.3 is 14.5 Å². The van der Waals surface area contributed by atoms with E-state index in [0.29, 0.717) is 25.6 Å². The Hall–Kier alpha value is -2.48. The average Bonchev–Trinajstić information content (AvgIpc) is 3.12. The summed E-state index contributed by atoms with van der Waals surface area (Å²) in [6.45, 7) is 1.69. The van der Waals surface area contributed by atoms with E-state index in [-0.39, 0.29) is 30.3 Å². The molecule has 0 bridgehead atoms. The van der Waals surface area contributed by atoms with Gasteiger partial charge in [0, 0.05) is 57.0 Å². The lowest BCUT2D eigenvalue weighted by Crippen LogP contribution is -2.45. The number of hydrogen-bond acceptors (Lipinski definition) is 5. The van der Waals surface area contributed by atoms with Crippen molar-refractivity contribution in [3.05, 3.63) is 47.2 Å². The van der Waals surface area contributed by atoms with Crippen molar-refractivity contribution in [2.75, 3.05) is 24.5 Å². The summed E-state index contributed by atoms with van der Waals surface area (Å²) in [5.41, 5.74) is 0.851. The topological polar surface area (TPSA) is 75.6 Å². The number of carbonyl (C=O) groups excluding carboxylic acids is 2. The van der Waals surface area contributed by atoms with Crippen molar-refractivity contribution >= 4 is 33.4 Å². The number of rotatable bonds is 4. The SMILES string of the molecule is O=C(C1CC(=O)N(c2ccccc2)C1)N1CCC(Oc2ncc(Br)cn2)CC1. The second kappa shape index (κ2) is 8.26. The Balaban J connectivity index is 1.30. The van der Waals surface area contributed by atoms with Gasteiger partial charge >= 0.3 is 6.01 Å². The summed E-state index contributed by atoms with van der Waals surface area (Å²) in [7, 11) is 0. The molecule has 0 radical (unpaired) electrons. The molecule has 2 amide bonds. The van der Waals surface area contributed by atoms with Crippen molar-refractivity contribution < 1.29 is 14.3 Å². The van der Waals surface area contributed by atoms with Crippen LogP contribution in [0, 0.1) is 5.92 Å². The molecule has 8 heteroatoms. The zero-order chi connectivity index (χ0) is 19.5. The first-order valence-corrected chi connectivity index (χ1v) is 10.2. The van der Waals surface area contributed by atoms with Crippen LogP contribution in [0.5, 0.6) is 6.01 Å². The lowest BCUT2D eigenvalue weighted by molar-refractivity contribution is -0.137. The van der Waals surface area contributed by atoms with E-state index in [9.17, 15) is 9.59 Å². The van der Waals surface area contributed by atoms with Crippen LogP contribution in [0.15, 0.2) is 47.2 Å². The summed E-state index contributed by atoms with van der Waals surface area (Å²) < 4.78 is 6.61. The molecule has 2 aliphatic rings. The van der Waals surface area contributed by atoms with Crippen molar-refractivity contribution in [3.63, 3.8) is 0 Å². The average molecular weight is 445 g/mol. The number of piperidine rings is 1. The molecule has 2 fully saturated rings. The van der Waals surface area contributed by atoms with Crippen LogP contribution in [0.3, 0.4) is 0 Å². The molecule has 1 unspecified atom stereocenters. The summed E-state index contributed by atoms with van der Waals surface area (Å²) in [6.07, 6.45) is 5.03. The van der Waals surface area contributed by atoms with Gasteiger partial charge in [0.25, 0.3) is 0 Å². The molecule has 0 spiro atoms. The summed E-state index contributed by atoms with van der Waals surface area (Å²) in [5.74, 6) is -0.208. The van der Waals surface area contributed by atoms with Crippen LogP contribution < -0.4 is 9.64 Å². The van der Waals surface area contributed by atoms with Gasteiger partial charge in [0.1, 0.15) is 6.10 Å². The summed E-state index contributed by atoms with van der Waals surface area (Å²) in [6, 6.07) is 9.87. The van der Waals surface area contributed by atoms with Crippen LogP contribution in [-0.2, 0) is 9.59 Å². The number of amides is 2. The number of carbonyl (C=O) groups is 2. The molecule has 2 aliphatic heterocycles. The Morgan fingerprint density at radius 3 is 2.46 bits per heavy atom. The molecule has 0 saturated carbocycles. The van der Waals surface area contributed by atoms with Gasteiger partial charge in [-0.25, -0.2) is 9.97 Å². The van der Waals surface area contributed by atoms with Crippen LogP contribution in [-0.4, -0.2) is 52.4 Å². The lowest BCUT2D eigenvalue weighted by Gasteiger charge is -2.33. The predicted octanol–water partition coefficient (Wildman–Crippen LogP) is 2.66. The maximum absolute atomic E-state index is 12.9. The number of nitrogens with zero attached hydrogens (tertiary/aromatic N) is 4. The van der Waals surface area contributed by atoms with Crippen molar-refractivity contribution in [2.24, 2.45) is 5.92 Å². The van der Waals surface area contributed by atoms with Crippen LogP contribution >= 0.6 is 15.9 Å². The first kappa shape index (κ1) is 18.9. The van der Waals surface area contributed by atoms with E-state index in [2.05, 4.69) is 25.9 Å². The number of benzene rings is 1. The molecule has 7 nitrogen and oxygen atoms in total. The molecule has 1 aromatic heterocycles. The van der Waals surface area contributed by atoms with Crippen molar-refractivity contribution in [3.8, 4) is 6.01 Å². The Labute approximate surface area is 171 Å². The molecule has 3 heterocycles. The zero-order valence-electron chi connectivity index (χ0n) is 15.3. The highest BCUT2D eigenvalue weighted by molar-refractivity contribution is 9.10. The van der Waals surface area contributed by atoms with E-state index in [1.165, 1.54) is 0 Å². The van der Waals surface area contributed by atoms with Crippen LogP contribution in [0.2, 0.25) is 0 Å². The number of halogens is 1. The van der Waals surface area contributed by atoms with Crippen LogP contribution in [0.25, 0.3) is 0 Å². The first-order valence-electron chi connectivity index (χ1n) is 9.38. The maximum atomic E-state index is 12.9. The first-order chi connectivity index (χ1) is 13.6. The van der Waals surface area contributed by atoms with Gasteiger partial charge in [0.2, 0.25) is 11.8 Å². The van der Waals surface area contributed by atoms with Crippen molar-refractivity contribution in [1.82, 2.24) is 14.9 Å². The summed E-state index contributed by atoms with van der Waals surface area (Å²) >= 11 is 3.30. The van der Waals surface area contributed by atoms with Gasteiger partial charge in [0.15, 0.2) is 0 Å². The number of ether oxygens (including phenoxy) is 1. The van der Waals surface area contributed by atoms with Gasteiger partial charge in [-0.15, -0.1) is 0 Å². The minimum absolute atomic E-state index is 0.00347. The summed E-state index contributed by atoms with van der Waals surface area (Å²) in [4.78, 5) is 37.1. The van der Waals surface area contributed by atoms with Crippen molar-refractivity contribution in [2.45, 2.75) is 25.4 Å². The number of likely N-dealkylation sites (tertiary alicyclic amines) is 1. The Morgan fingerprint density at radius 2 is 1.79 bits per heavy atom. The normalized spacial score (nSPS) is 20.5. The minimum atomic E-state index is -0.278. The Bertz CT molecular complexity index is 838. The molecule has 0 N–H and O–H groups in total. The third-order valence-corrected chi connectivity index (χ3v) is 5.57. The van der Waals surface area contributed by atoms with Crippen molar-refractivity contribution in [1.29, 1.82) is 0 Å². The minimum Gasteiger partial charge on any atom is -0.460 e. The van der Waals surface area contributed by atoms with Crippen LogP contribution in [0.1, 0.15) is 19.3 Å². The molecular weight excluding hydrogens is 424 g/mol. The standard InChI is InChI=1S/C20H21BrN4O3/c21-15-11-22-20(23-12-15)28-17-6-8-24(9-7-17)19(27)14-10-18(26)25(13-14)16-4-2-1-3-5-16/h1-5,11-12,14,17H,6-10,13H2. The fourth-order valence-electron chi connectivity index (χ4n) is 3.69. The van der Waals surface area contributed by atoms with E-state index >= 15 is 0 Å². The zero-order valence-corrected chi connectivity index (χ0v) is 16.9. The molecular formula is C20H21BrN4O3. The Kier molecular flexibility index (Phi) is 5.57. The molecule has 2 aromatic rings. The van der Waals surface area contributed by atoms with Crippen LogP contribution in [0.4, 0.5) is 5.69 Å². The van der Waals surface area contributed by atoms with E-state index in [1.807, 2.05) is 35.2 Å². The van der Waals surface area contributed by atoms with E-state index in [1.54, 1.807) is 17.3 Å². The van der Waals surface area contributed by atoms with Gasteiger partial charge in [-0.05, 0) is 28.1 Å². The monoisotopic (exact) mass is 444 g/mol. The fourth-order valence-corrected chi connectivity index (χ4v) is 3.90. The fraction of sp³-hybridized carbons (Fsp3) is 0.400. The smallest absolute Gasteiger partial charge is 0.316 e. The number of aromatic nitrogens is 2. The highest BCUT2D eigenvalue weighted by atomic mass is 79.9. The third kappa shape index (κ3) is 4.16. The highest BCUT2D eigenvalue weighted by Gasteiger charge is 2.38. The van der Waals surface area contributed by atoms with E-state index in [4.69, 9.17) is 4.74 Å². The number of para-hydroxylation sites is 1. The molecule has 28 heavy (non-hydrogen) atoms. The Morgan fingerprint density at radius 1 is 1.11 bits per heavy atom. The second-order valence-electron chi connectivity index (χ2n) is 7.07. The molecule has 2 saturated heterocycles. The third-order valence-electron chi connectivity index (χ3n) is 5.16.